The number of hydrogen-bond acceptors (Lipinski definition) is 4. The quantitative estimate of drug-likeness (QED) is 0.429. The van der Waals surface area contributed by atoms with Gasteiger partial charge in [-0.1, -0.05) is 40.2 Å². The van der Waals surface area contributed by atoms with Gasteiger partial charge in [-0.05, 0) is 65.8 Å². The van der Waals surface area contributed by atoms with Crippen LogP contribution in [0.3, 0.4) is 0 Å². The van der Waals surface area contributed by atoms with Gasteiger partial charge in [0, 0.05) is 36.4 Å². The highest BCUT2D eigenvalue weighted by atomic mass is 79.9. The van der Waals surface area contributed by atoms with Crippen LogP contribution in [0.25, 0.3) is 0 Å². The van der Waals surface area contributed by atoms with Gasteiger partial charge in [-0.15, -0.1) is 0 Å². The maximum absolute atomic E-state index is 13.1. The zero-order valence-corrected chi connectivity index (χ0v) is 20.0. The van der Waals surface area contributed by atoms with Crippen LogP contribution in [0, 0.1) is 0 Å². The Hall–Kier alpha value is -2.22. The number of hydrogen-bond donors (Lipinski definition) is 0. The van der Waals surface area contributed by atoms with Gasteiger partial charge in [0.2, 0.25) is 10.0 Å². The van der Waals surface area contributed by atoms with Crippen molar-refractivity contribution >= 4 is 26.0 Å². The Morgan fingerprint density at radius 3 is 2.42 bits per heavy atom. The molecule has 162 valence electrons. The van der Waals surface area contributed by atoms with Crippen LogP contribution in [0.1, 0.15) is 41.1 Å². The monoisotopic (exact) mass is 500 g/mol. The van der Waals surface area contributed by atoms with Crippen molar-refractivity contribution < 1.29 is 13.2 Å². The van der Waals surface area contributed by atoms with Crippen LogP contribution in [0.2, 0.25) is 0 Å². The van der Waals surface area contributed by atoms with Crippen molar-refractivity contribution in [3.05, 3.63) is 87.7 Å². The predicted molar refractivity (Wildman–Crippen MR) is 125 cm³/mol. The molecule has 3 aromatic rings. The van der Waals surface area contributed by atoms with E-state index in [9.17, 15) is 8.42 Å². The summed E-state index contributed by atoms with van der Waals surface area (Å²) in [6, 6.07) is 16.8. The lowest BCUT2D eigenvalue weighted by atomic mass is 10.1. The van der Waals surface area contributed by atoms with Gasteiger partial charge >= 0.3 is 0 Å². The molecule has 1 aliphatic rings. The fourth-order valence-corrected chi connectivity index (χ4v) is 5.33. The molecule has 0 bridgehead atoms. The van der Waals surface area contributed by atoms with Crippen LogP contribution in [0.4, 0.5) is 0 Å². The van der Waals surface area contributed by atoms with Crippen molar-refractivity contribution in [2.45, 2.75) is 36.6 Å². The third-order valence-electron chi connectivity index (χ3n) is 5.56. The predicted octanol–water partition coefficient (Wildman–Crippen LogP) is 5.14. The van der Waals surface area contributed by atoms with Crippen LogP contribution in [-0.2, 0) is 23.0 Å². The summed E-state index contributed by atoms with van der Waals surface area (Å²) in [6.07, 6.45) is 5.13. The van der Waals surface area contributed by atoms with Crippen molar-refractivity contribution in [3.63, 3.8) is 0 Å². The number of methoxy groups -OCH3 is 1. The Morgan fingerprint density at radius 2 is 1.84 bits per heavy atom. The van der Waals surface area contributed by atoms with E-state index in [0.29, 0.717) is 12.3 Å². The molecule has 1 aliphatic carbocycles. The Bertz CT molecular complexity index is 1160. The highest BCUT2D eigenvalue weighted by molar-refractivity contribution is 9.10. The smallest absolute Gasteiger partial charge is 0.243 e. The molecule has 1 fully saturated rings. The SMILES string of the molecule is COc1ccc(CN(C)S(=O)(=O)c2ccc(Cc3ccc(C4CC4)cn3)c(Br)c2)cc1. The van der Waals surface area contributed by atoms with E-state index >= 15 is 0 Å². The van der Waals surface area contributed by atoms with Gasteiger partial charge < -0.3 is 4.74 Å². The largest absolute Gasteiger partial charge is 0.497 e. The van der Waals surface area contributed by atoms with Gasteiger partial charge in [-0.2, -0.15) is 4.31 Å². The number of pyridine rings is 1. The van der Waals surface area contributed by atoms with E-state index in [0.717, 1.165) is 27.0 Å². The number of benzene rings is 2. The molecule has 1 aromatic heterocycles. The minimum atomic E-state index is -3.62. The molecule has 0 atom stereocenters. The first-order chi connectivity index (χ1) is 14.9. The molecule has 1 saturated carbocycles. The van der Waals surface area contributed by atoms with E-state index in [1.54, 1.807) is 26.3 Å². The third kappa shape index (κ3) is 5.17. The number of aromatic nitrogens is 1. The first-order valence-corrected chi connectivity index (χ1v) is 12.4. The van der Waals surface area contributed by atoms with Gasteiger partial charge in [0.15, 0.2) is 0 Å². The lowest BCUT2D eigenvalue weighted by Crippen LogP contribution is -2.26. The number of rotatable bonds is 8. The molecule has 0 amide bonds. The lowest BCUT2D eigenvalue weighted by molar-refractivity contribution is 0.414. The molecule has 5 nitrogen and oxygen atoms in total. The van der Waals surface area contributed by atoms with Gasteiger partial charge in [-0.25, -0.2) is 8.42 Å². The maximum atomic E-state index is 13.1. The summed E-state index contributed by atoms with van der Waals surface area (Å²) < 4.78 is 33.4. The van der Waals surface area contributed by atoms with Crippen LogP contribution >= 0.6 is 15.9 Å². The zero-order chi connectivity index (χ0) is 22.0. The van der Waals surface area contributed by atoms with Gasteiger partial charge in [-0.3, -0.25) is 4.98 Å². The number of sulfonamides is 1. The van der Waals surface area contributed by atoms with Crippen LogP contribution in [-0.4, -0.2) is 31.9 Å². The topological polar surface area (TPSA) is 59.5 Å². The Kier molecular flexibility index (Phi) is 6.46. The van der Waals surface area contributed by atoms with E-state index in [1.807, 2.05) is 36.5 Å². The zero-order valence-electron chi connectivity index (χ0n) is 17.6. The highest BCUT2D eigenvalue weighted by Gasteiger charge is 2.24. The first-order valence-electron chi connectivity index (χ1n) is 10.2. The van der Waals surface area contributed by atoms with Crippen molar-refractivity contribution in [1.29, 1.82) is 0 Å². The number of ether oxygens (including phenoxy) is 1. The summed E-state index contributed by atoms with van der Waals surface area (Å²) >= 11 is 3.55. The van der Waals surface area contributed by atoms with Crippen LogP contribution < -0.4 is 4.74 Å². The Labute approximate surface area is 192 Å². The van der Waals surface area contributed by atoms with E-state index in [1.165, 1.54) is 22.7 Å². The number of halogens is 1. The summed E-state index contributed by atoms with van der Waals surface area (Å²) in [4.78, 5) is 4.84. The Balaban J connectivity index is 1.47. The van der Waals surface area contributed by atoms with E-state index in [2.05, 4.69) is 33.0 Å². The molecule has 0 N–H and O–H groups in total. The number of nitrogens with zero attached hydrogens (tertiary/aromatic N) is 2. The molecule has 1 heterocycles. The third-order valence-corrected chi connectivity index (χ3v) is 8.10. The second kappa shape index (κ2) is 9.10. The van der Waals surface area contributed by atoms with Gasteiger partial charge in [0.25, 0.3) is 0 Å². The van der Waals surface area contributed by atoms with Crippen LogP contribution in [0.15, 0.2) is 70.2 Å². The van der Waals surface area contributed by atoms with Crippen molar-refractivity contribution in [3.8, 4) is 5.75 Å². The van der Waals surface area contributed by atoms with E-state index in [-0.39, 0.29) is 11.4 Å². The Morgan fingerprint density at radius 1 is 1.10 bits per heavy atom. The molecule has 0 aliphatic heterocycles. The minimum absolute atomic E-state index is 0.260. The second-order valence-electron chi connectivity index (χ2n) is 7.90. The molecule has 7 heteroatoms. The molecule has 0 unspecified atom stereocenters. The summed E-state index contributed by atoms with van der Waals surface area (Å²) in [5, 5.41) is 0. The van der Waals surface area contributed by atoms with Crippen molar-refractivity contribution in [2.75, 3.05) is 14.2 Å². The summed E-state index contributed by atoms with van der Waals surface area (Å²) in [7, 11) is -0.423. The fourth-order valence-electron chi connectivity index (χ4n) is 3.48. The molecule has 2 aromatic carbocycles. The van der Waals surface area contributed by atoms with Gasteiger partial charge in [0.05, 0.1) is 12.0 Å². The summed E-state index contributed by atoms with van der Waals surface area (Å²) in [6.45, 7) is 0.281. The lowest BCUT2D eigenvalue weighted by Gasteiger charge is -2.18. The molecule has 0 saturated heterocycles. The van der Waals surface area contributed by atoms with E-state index in [4.69, 9.17) is 4.74 Å². The van der Waals surface area contributed by atoms with E-state index < -0.39 is 10.0 Å². The second-order valence-corrected chi connectivity index (χ2v) is 10.8. The molecular formula is C24H25BrN2O3S. The average molecular weight is 501 g/mol. The molecular weight excluding hydrogens is 476 g/mol. The van der Waals surface area contributed by atoms with Crippen molar-refractivity contribution in [1.82, 2.24) is 9.29 Å². The first kappa shape index (κ1) is 22.0. The summed E-state index contributed by atoms with van der Waals surface area (Å²) in [5.41, 5.74) is 4.17. The normalized spacial score (nSPS) is 14.1. The minimum Gasteiger partial charge on any atom is -0.497 e. The molecule has 0 spiro atoms. The van der Waals surface area contributed by atoms with Gasteiger partial charge in [0.1, 0.15) is 5.75 Å². The summed E-state index contributed by atoms with van der Waals surface area (Å²) in [5.74, 6) is 1.43. The molecule has 31 heavy (non-hydrogen) atoms. The average Bonchev–Trinajstić information content (AvgIpc) is 3.61. The maximum Gasteiger partial charge on any atom is 0.243 e. The van der Waals surface area contributed by atoms with Crippen molar-refractivity contribution in [2.24, 2.45) is 0 Å². The highest BCUT2D eigenvalue weighted by Crippen LogP contribution is 2.39. The standard InChI is InChI=1S/C24H25BrN2O3S/c1-27(16-17-3-10-22(30-2)11-4-17)31(28,29)23-12-8-19(24(25)14-23)13-21-9-7-20(15-26-21)18-5-6-18/h3-4,7-12,14-15,18H,5-6,13,16H2,1-2H3. The molecule has 4 rings (SSSR count). The van der Waals surface area contributed by atoms with Crippen LogP contribution in [0.5, 0.6) is 5.75 Å². The molecule has 0 radical (unpaired) electrons. The fraction of sp³-hybridized carbons (Fsp3) is 0.292.